The molecule has 0 spiro atoms. The van der Waals surface area contributed by atoms with Gasteiger partial charge in [-0.1, -0.05) is 31.2 Å². The Bertz CT molecular complexity index is 1110. The molecule has 3 atom stereocenters. The van der Waals surface area contributed by atoms with Crippen LogP contribution in [0.15, 0.2) is 53.9 Å². The van der Waals surface area contributed by atoms with Crippen LogP contribution < -0.4 is 15.8 Å². The molecular formula is C27H32N4O3S. The van der Waals surface area contributed by atoms with Crippen molar-refractivity contribution in [1.82, 2.24) is 15.6 Å². The number of likely N-dealkylation sites (tertiary alicyclic amines) is 1. The molecule has 0 radical (unpaired) electrons. The Morgan fingerprint density at radius 3 is 2.63 bits per heavy atom. The summed E-state index contributed by atoms with van der Waals surface area (Å²) < 4.78 is 0. The van der Waals surface area contributed by atoms with E-state index in [4.69, 9.17) is 0 Å². The number of carbonyl (C=O) groups excluding carboxylic acids is 3. The average molecular weight is 493 g/mol. The molecule has 1 aromatic carbocycles. The third kappa shape index (κ3) is 5.04. The van der Waals surface area contributed by atoms with E-state index < -0.39 is 0 Å². The summed E-state index contributed by atoms with van der Waals surface area (Å²) in [6.07, 6.45) is 7.42. The van der Waals surface area contributed by atoms with Crippen molar-refractivity contribution in [2.75, 3.05) is 24.6 Å². The number of fused-ring (bicyclic) bond motifs is 1. The van der Waals surface area contributed by atoms with Crippen molar-refractivity contribution >= 4 is 34.7 Å². The number of hydrogen-bond acceptors (Lipinski definition) is 5. The number of hydrazine groups is 1. The molecule has 184 valence electrons. The van der Waals surface area contributed by atoms with E-state index in [0.29, 0.717) is 30.6 Å². The maximum atomic E-state index is 13.1. The summed E-state index contributed by atoms with van der Waals surface area (Å²) in [6.45, 7) is 4.88. The van der Waals surface area contributed by atoms with Gasteiger partial charge in [0.25, 0.3) is 5.91 Å². The van der Waals surface area contributed by atoms with Gasteiger partial charge in [0.1, 0.15) is 0 Å². The van der Waals surface area contributed by atoms with Crippen molar-refractivity contribution in [3.63, 3.8) is 0 Å². The van der Waals surface area contributed by atoms with Crippen LogP contribution in [0.25, 0.3) is 0 Å². The summed E-state index contributed by atoms with van der Waals surface area (Å²) in [5.74, 6) is -0.400. The number of benzene rings is 1. The molecule has 2 N–H and O–H groups in total. The van der Waals surface area contributed by atoms with Crippen molar-refractivity contribution in [3.8, 4) is 0 Å². The topological polar surface area (TPSA) is 81.8 Å². The molecule has 5 rings (SSSR count). The van der Waals surface area contributed by atoms with Gasteiger partial charge in [-0.25, -0.2) is 5.01 Å². The standard InChI is InChI=1S/C27H32N4O3S/c1-18-11-13-30(14-12-18)23(24-10-5-15-35-24)17-28-25(32)19-6-4-7-20(16-19)31-27(34)22-9-3-2-8-21(22)26(33)29-31/h2-7,10,15-16,18,21-23H,8-9,11-14,17H2,1H3,(H,28,32)(H,29,33). The highest BCUT2D eigenvalue weighted by Gasteiger charge is 2.42. The molecule has 8 heteroatoms. The molecule has 3 unspecified atom stereocenters. The zero-order valence-electron chi connectivity index (χ0n) is 20.0. The van der Waals surface area contributed by atoms with Gasteiger partial charge in [0.2, 0.25) is 11.8 Å². The first-order valence-corrected chi connectivity index (χ1v) is 13.3. The normalized spacial score (nSPS) is 24.1. The van der Waals surface area contributed by atoms with Crippen LogP contribution in [-0.2, 0) is 9.59 Å². The smallest absolute Gasteiger partial charge is 0.251 e. The number of nitrogens with zero attached hydrogens (tertiary/aromatic N) is 2. The number of thiophene rings is 1. The molecule has 35 heavy (non-hydrogen) atoms. The molecule has 2 aromatic rings. The Labute approximate surface area is 210 Å². The second-order valence-electron chi connectivity index (χ2n) is 9.82. The largest absolute Gasteiger partial charge is 0.350 e. The fourth-order valence-corrected chi connectivity index (χ4v) is 6.15. The van der Waals surface area contributed by atoms with Gasteiger partial charge >= 0.3 is 0 Å². The van der Waals surface area contributed by atoms with E-state index in [2.05, 4.69) is 40.1 Å². The minimum atomic E-state index is -0.356. The number of anilines is 1. The summed E-state index contributed by atoms with van der Waals surface area (Å²) in [5, 5.41) is 6.51. The summed E-state index contributed by atoms with van der Waals surface area (Å²) in [4.78, 5) is 42.6. The van der Waals surface area contributed by atoms with Gasteiger partial charge in [0, 0.05) is 17.0 Å². The Morgan fingerprint density at radius 2 is 1.89 bits per heavy atom. The first kappa shape index (κ1) is 23.8. The molecule has 2 saturated heterocycles. The van der Waals surface area contributed by atoms with E-state index in [-0.39, 0.29) is 35.6 Å². The fourth-order valence-electron chi connectivity index (χ4n) is 5.29. The van der Waals surface area contributed by atoms with Crippen LogP contribution in [0.5, 0.6) is 0 Å². The van der Waals surface area contributed by atoms with E-state index in [0.717, 1.165) is 19.0 Å². The molecule has 2 fully saturated rings. The van der Waals surface area contributed by atoms with E-state index in [1.165, 1.54) is 22.7 Å². The van der Waals surface area contributed by atoms with E-state index in [9.17, 15) is 14.4 Å². The molecule has 0 bridgehead atoms. The first-order chi connectivity index (χ1) is 17.0. The Kier molecular flexibility index (Phi) is 7.02. The first-order valence-electron chi connectivity index (χ1n) is 12.5. The third-order valence-corrected chi connectivity index (χ3v) is 8.46. The Balaban J connectivity index is 1.28. The van der Waals surface area contributed by atoms with Gasteiger partial charge in [-0.3, -0.25) is 24.7 Å². The molecule has 7 nitrogen and oxygen atoms in total. The third-order valence-electron chi connectivity index (χ3n) is 7.48. The maximum Gasteiger partial charge on any atom is 0.251 e. The highest BCUT2D eigenvalue weighted by molar-refractivity contribution is 7.10. The number of hydrogen-bond donors (Lipinski definition) is 2. The fraction of sp³-hybridized carbons (Fsp3) is 0.444. The van der Waals surface area contributed by atoms with Crippen molar-refractivity contribution in [2.45, 2.75) is 38.6 Å². The van der Waals surface area contributed by atoms with E-state index >= 15 is 0 Å². The van der Waals surface area contributed by atoms with Crippen LogP contribution in [0.2, 0.25) is 0 Å². The van der Waals surface area contributed by atoms with Gasteiger partial charge in [-0.05, 0) is 74.3 Å². The van der Waals surface area contributed by atoms with Crippen molar-refractivity contribution < 1.29 is 14.4 Å². The van der Waals surface area contributed by atoms with Gasteiger partial charge in [0.15, 0.2) is 0 Å². The lowest BCUT2D eigenvalue weighted by Crippen LogP contribution is -2.59. The summed E-state index contributed by atoms with van der Waals surface area (Å²) in [5.41, 5.74) is 3.71. The van der Waals surface area contributed by atoms with Crippen LogP contribution >= 0.6 is 11.3 Å². The Morgan fingerprint density at radius 1 is 1.11 bits per heavy atom. The highest BCUT2D eigenvalue weighted by Crippen LogP contribution is 2.33. The predicted molar refractivity (Wildman–Crippen MR) is 137 cm³/mol. The monoisotopic (exact) mass is 492 g/mol. The number of piperidine rings is 1. The zero-order chi connectivity index (χ0) is 24.4. The minimum Gasteiger partial charge on any atom is -0.350 e. The predicted octanol–water partition coefficient (Wildman–Crippen LogP) is 3.91. The van der Waals surface area contributed by atoms with Gasteiger partial charge in [-0.2, -0.15) is 0 Å². The molecule has 1 aliphatic carbocycles. The van der Waals surface area contributed by atoms with Gasteiger partial charge in [-0.15, -0.1) is 11.3 Å². The molecule has 3 aliphatic rings. The molecular weight excluding hydrogens is 460 g/mol. The lowest BCUT2D eigenvalue weighted by Gasteiger charge is -2.38. The molecule has 0 saturated carbocycles. The lowest BCUT2D eigenvalue weighted by atomic mass is 9.80. The summed E-state index contributed by atoms with van der Waals surface area (Å²) >= 11 is 1.72. The van der Waals surface area contributed by atoms with Crippen molar-refractivity contribution in [3.05, 3.63) is 64.4 Å². The van der Waals surface area contributed by atoms with Crippen LogP contribution in [0, 0.1) is 17.8 Å². The summed E-state index contributed by atoms with van der Waals surface area (Å²) in [6, 6.07) is 11.3. The molecule has 1 aromatic heterocycles. The van der Waals surface area contributed by atoms with Crippen molar-refractivity contribution in [1.29, 1.82) is 0 Å². The maximum absolute atomic E-state index is 13.1. The summed E-state index contributed by atoms with van der Waals surface area (Å²) in [7, 11) is 0. The van der Waals surface area contributed by atoms with Gasteiger partial charge in [0.05, 0.1) is 23.6 Å². The Hall–Kier alpha value is -2.97. The van der Waals surface area contributed by atoms with E-state index in [1.54, 1.807) is 35.6 Å². The minimum absolute atomic E-state index is 0.131. The average Bonchev–Trinajstić information content (AvgIpc) is 3.42. The zero-order valence-corrected chi connectivity index (χ0v) is 20.8. The second-order valence-corrected chi connectivity index (χ2v) is 10.8. The van der Waals surface area contributed by atoms with E-state index in [1.807, 2.05) is 12.2 Å². The molecule has 3 amide bonds. The quantitative estimate of drug-likeness (QED) is 0.599. The number of nitrogens with one attached hydrogen (secondary N) is 2. The number of carbonyl (C=O) groups is 3. The van der Waals surface area contributed by atoms with Crippen LogP contribution in [-0.4, -0.2) is 42.3 Å². The second kappa shape index (κ2) is 10.3. The molecule has 2 aliphatic heterocycles. The number of rotatable bonds is 6. The van der Waals surface area contributed by atoms with Crippen LogP contribution in [0.4, 0.5) is 5.69 Å². The SMILES string of the molecule is CC1CCN(C(CNC(=O)c2cccc(N3NC(=O)C4CC=CCC4C3=O)c2)c2cccs2)CC1. The van der Waals surface area contributed by atoms with Crippen LogP contribution in [0.3, 0.4) is 0 Å². The number of allylic oxidation sites excluding steroid dienone is 2. The van der Waals surface area contributed by atoms with Gasteiger partial charge < -0.3 is 5.32 Å². The molecule has 3 heterocycles. The highest BCUT2D eigenvalue weighted by atomic mass is 32.1. The number of amides is 3. The van der Waals surface area contributed by atoms with Crippen LogP contribution in [0.1, 0.15) is 53.9 Å². The lowest BCUT2D eigenvalue weighted by molar-refractivity contribution is -0.139. The van der Waals surface area contributed by atoms with Crippen molar-refractivity contribution in [2.24, 2.45) is 17.8 Å².